The van der Waals surface area contributed by atoms with E-state index in [1.54, 1.807) is 0 Å². The summed E-state index contributed by atoms with van der Waals surface area (Å²) in [7, 11) is 0. The summed E-state index contributed by atoms with van der Waals surface area (Å²) in [6.45, 7) is 6.90. The number of morpholine rings is 1. The first-order valence-electron chi connectivity index (χ1n) is 9.12. The van der Waals surface area contributed by atoms with Crippen molar-refractivity contribution in [3.05, 3.63) is 29.8 Å². The lowest BCUT2D eigenvalue weighted by Gasteiger charge is -2.31. The number of carbonyl (C=O) groups excluding carboxylic acids is 2. The topological polar surface area (TPSA) is 74.2 Å². The Morgan fingerprint density at radius 1 is 1.26 bits per heavy atom. The van der Waals surface area contributed by atoms with Crippen LogP contribution in [0.1, 0.15) is 12.0 Å². The molecule has 0 aliphatic carbocycles. The van der Waals surface area contributed by atoms with E-state index in [0.717, 1.165) is 44.8 Å². The van der Waals surface area contributed by atoms with Crippen LogP contribution in [0.3, 0.4) is 0 Å². The first kappa shape index (κ1) is 19.6. The predicted molar refractivity (Wildman–Crippen MR) is 108 cm³/mol. The minimum atomic E-state index is -0.957. The van der Waals surface area contributed by atoms with Crippen LogP contribution in [-0.2, 0) is 14.3 Å². The van der Waals surface area contributed by atoms with E-state index in [2.05, 4.69) is 15.2 Å². The van der Waals surface area contributed by atoms with Crippen molar-refractivity contribution in [2.24, 2.45) is 10.9 Å². The van der Waals surface area contributed by atoms with Gasteiger partial charge >= 0.3 is 0 Å². The molecule has 1 N–H and O–H groups in total. The van der Waals surface area contributed by atoms with Gasteiger partial charge in [0.2, 0.25) is 5.91 Å². The molecule has 0 aromatic heterocycles. The molecule has 2 heterocycles. The lowest BCUT2D eigenvalue weighted by atomic mass is 10.1. The second-order valence-corrected chi connectivity index (χ2v) is 7.03. The minimum absolute atomic E-state index is 0.103. The molecular formula is C19H24N4O3S. The van der Waals surface area contributed by atoms with E-state index in [0.29, 0.717) is 12.2 Å². The molecule has 1 aromatic carbocycles. The van der Waals surface area contributed by atoms with Crippen LogP contribution in [0.25, 0.3) is 0 Å². The van der Waals surface area contributed by atoms with Crippen LogP contribution in [0.15, 0.2) is 29.3 Å². The summed E-state index contributed by atoms with van der Waals surface area (Å²) in [5, 5.41) is 2.70. The van der Waals surface area contributed by atoms with Crippen molar-refractivity contribution in [1.29, 1.82) is 0 Å². The number of nitrogens with one attached hydrogen (secondary N) is 1. The summed E-state index contributed by atoms with van der Waals surface area (Å²) < 4.78 is 5.32. The van der Waals surface area contributed by atoms with Gasteiger partial charge < -0.3 is 10.1 Å². The number of hydrogen-bond acceptors (Lipinski definition) is 6. The van der Waals surface area contributed by atoms with E-state index >= 15 is 0 Å². The molecule has 1 atom stereocenters. The maximum absolute atomic E-state index is 12.8. The highest BCUT2D eigenvalue weighted by Crippen LogP contribution is 2.20. The van der Waals surface area contributed by atoms with Crippen molar-refractivity contribution in [3.8, 4) is 0 Å². The number of carbonyl (C=O) groups is 2. The number of aryl methyl sites for hydroxylation is 1. The minimum Gasteiger partial charge on any atom is -0.379 e. The van der Waals surface area contributed by atoms with Gasteiger partial charge in [-0.1, -0.05) is 17.7 Å². The fraction of sp³-hybridized carbons (Fsp3) is 0.474. The number of thiocarbonyl (C=S) groups is 1. The highest BCUT2D eigenvalue weighted by Gasteiger charge is 2.38. The lowest BCUT2D eigenvalue weighted by molar-refractivity contribution is -0.130. The average Bonchev–Trinajstić information content (AvgIpc) is 2.66. The van der Waals surface area contributed by atoms with Gasteiger partial charge in [0.05, 0.1) is 18.9 Å². The van der Waals surface area contributed by atoms with Gasteiger partial charge in [-0.15, -0.1) is 0 Å². The number of ether oxygens (including phenoxy) is 1. The van der Waals surface area contributed by atoms with Gasteiger partial charge in [-0.25, -0.2) is 0 Å². The number of benzene rings is 1. The monoisotopic (exact) mass is 388 g/mol. The van der Waals surface area contributed by atoms with Gasteiger partial charge in [-0.2, -0.15) is 0 Å². The molecule has 2 aliphatic heterocycles. The predicted octanol–water partition coefficient (Wildman–Crippen LogP) is 1.15. The lowest BCUT2D eigenvalue weighted by Crippen LogP contribution is -2.58. The molecule has 3 rings (SSSR count). The van der Waals surface area contributed by atoms with E-state index in [-0.39, 0.29) is 11.0 Å². The first-order valence-corrected chi connectivity index (χ1v) is 9.52. The van der Waals surface area contributed by atoms with E-state index in [1.165, 1.54) is 11.1 Å². The molecule has 0 radical (unpaired) electrons. The molecule has 2 saturated heterocycles. The Bertz CT molecular complexity index is 729. The number of nitrogens with zero attached hydrogens (tertiary/aromatic N) is 3. The van der Waals surface area contributed by atoms with Gasteiger partial charge in [0.25, 0.3) is 5.91 Å². The Hall–Kier alpha value is -2.16. The number of amides is 2. The van der Waals surface area contributed by atoms with Crippen LogP contribution >= 0.6 is 12.2 Å². The largest absolute Gasteiger partial charge is 0.379 e. The summed E-state index contributed by atoms with van der Waals surface area (Å²) in [4.78, 5) is 33.0. The molecule has 0 spiro atoms. The SMILES string of the molecule is Cc1ccc(N2C(=O)[C@H](C=NCCCN3CCOCC3)C(=O)NC2=S)cc1. The zero-order chi connectivity index (χ0) is 19.2. The van der Waals surface area contributed by atoms with Crippen LogP contribution < -0.4 is 10.2 Å². The molecule has 0 bridgehead atoms. The van der Waals surface area contributed by atoms with Crippen LogP contribution in [0.5, 0.6) is 0 Å². The molecule has 2 amide bonds. The van der Waals surface area contributed by atoms with Crippen LogP contribution in [0, 0.1) is 12.8 Å². The summed E-state index contributed by atoms with van der Waals surface area (Å²) >= 11 is 5.19. The van der Waals surface area contributed by atoms with Gasteiger partial charge in [0.1, 0.15) is 0 Å². The zero-order valence-corrected chi connectivity index (χ0v) is 16.2. The summed E-state index contributed by atoms with van der Waals surface area (Å²) in [5.41, 5.74) is 1.72. The van der Waals surface area contributed by atoms with Crippen molar-refractivity contribution in [2.45, 2.75) is 13.3 Å². The second-order valence-electron chi connectivity index (χ2n) is 6.64. The van der Waals surface area contributed by atoms with Gasteiger partial charge in [-0.3, -0.25) is 24.4 Å². The molecule has 144 valence electrons. The average molecular weight is 388 g/mol. The Labute approximate surface area is 164 Å². The van der Waals surface area contributed by atoms with Gasteiger partial charge in [-0.05, 0) is 37.7 Å². The van der Waals surface area contributed by atoms with Crippen LogP contribution in [0.4, 0.5) is 5.69 Å². The molecule has 1 aromatic rings. The number of hydrogen-bond donors (Lipinski definition) is 1. The molecule has 27 heavy (non-hydrogen) atoms. The fourth-order valence-electron chi connectivity index (χ4n) is 3.05. The van der Waals surface area contributed by atoms with Crippen molar-refractivity contribution < 1.29 is 14.3 Å². The summed E-state index contributed by atoms with van der Waals surface area (Å²) in [5.74, 6) is -1.75. The van der Waals surface area contributed by atoms with Gasteiger partial charge in [0.15, 0.2) is 11.0 Å². The van der Waals surface area contributed by atoms with E-state index in [9.17, 15) is 9.59 Å². The third-order valence-corrected chi connectivity index (χ3v) is 4.90. The maximum atomic E-state index is 12.8. The van der Waals surface area contributed by atoms with Crippen molar-refractivity contribution >= 4 is 41.0 Å². The normalized spacial score (nSPS) is 21.7. The van der Waals surface area contributed by atoms with Crippen LogP contribution in [-0.4, -0.2) is 67.4 Å². The van der Waals surface area contributed by atoms with Crippen molar-refractivity contribution in [2.75, 3.05) is 44.3 Å². The fourth-order valence-corrected chi connectivity index (χ4v) is 3.35. The quantitative estimate of drug-likeness (QED) is 0.343. The van der Waals surface area contributed by atoms with Crippen molar-refractivity contribution in [1.82, 2.24) is 10.2 Å². The molecule has 8 heteroatoms. The molecular weight excluding hydrogens is 364 g/mol. The van der Waals surface area contributed by atoms with Crippen molar-refractivity contribution in [3.63, 3.8) is 0 Å². The number of anilines is 1. The smallest absolute Gasteiger partial charge is 0.251 e. The molecule has 0 saturated carbocycles. The molecule has 2 aliphatic rings. The molecule has 7 nitrogen and oxygen atoms in total. The molecule has 0 unspecified atom stereocenters. The van der Waals surface area contributed by atoms with E-state index in [4.69, 9.17) is 17.0 Å². The zero-order valence-electron chi connectivity index (χ0n) is 15.4. The summed E-state index contributed by atoms with van der Waals surface area (Å²) in [6, 6.07) is 7.42. The highest BCUT2D eigenvalue weighted by atomic mass is 32.1. The maximum Gasteiger partial charge on any atom is 0.251 e. The Kier molecular flexibility index (Phi) is 6.65. The Morgan fingerprint density at radius 3 is 2.67 bits per heavy atom. The number of rotatable bonds is 6. The second kappa shape index (κ2) is 9.16. The van der Waals surface area contributed by atoms with Gasteiger partial charge in [0, 0.05) is 32.4 Å². The van der Waals surface area contributed by atoms with Crippen LogP contribution in [0.2, 0.25) is 0 Å². The third-order valence-electron chi connectivity index (χ3n) is 4.61. The highest BCUT2D eigenvalue weighted by molar-refractivity contribution is 7.80. The molecule has 2 fully saturated rings. The van der Waals surface area contributed by atoms with E-state index in [1.807, 2.05) is 31.2 Å². The Balaban J connectivity index is 1.58. The third kappa shape index (κ3) is 4.97. The summed E-state index contributed by atoms with van der Waals surface area (Å²) in [6.07, 6.45) is 2.32. The number of aliphatic imine (C=N–C) groups is 1. The first-order chi connectivity index (χ1) is 13.1. The Morgan fingerprint density at radius 2 is 1.96 bits per heavy atom. The van der Waals surface area contributed by atoms with E-state index < -0.39 is 11.8 Å². The standard InChI is InChI=1S/C19H24N4O3S/c1-14-3-5-15(6-4-14)23-18(25)16(17(24)21-19(23)27)13-20-7-2-8-22-9-11-26-12-10-22/h3-6,13,16H,2,7-12H2,1H3,(H,21,24,27)/t16-/m1/s1.